The molecule has 3 nitrogen and oxygen atoms in total. The van der Waals surface area contributed by atoms with Gasteiger partial charge in [-0.05, 0) is 42.7 Å². The number of rotatable bonds is 4. The van der Waals surface area contributed by atoms with Crippen molar-refractivity contribution in [3.63, 3.8) is 0 Å². The van der Waals surface area contributed by atoms with Gasteiger partial charge in [-0.15, -0.1) is 0 Å². The van der Waals surface area contributed by atoms with Crippen molar-refractivity contribution in [1.29, 1.82) is 0 Å². The smallest absolute Gasteiger partial charge is 0.152 e. The van der Waals surface area contributed by atoms with Crippen LogP contribution in [-0.4, -0.2) is 30.6 Å². The number of amidine groups is 1. The molecule has 0 saturated heterocycles. The summed E-state index contributed by atoms with van der Waals surface area (Å²) < 4.78 is 13.2. The van der Waals surface area contributed by atoms with Crippen LogP contribution in [0.2, 0.25) is 0 Å². The maximum atomic E-state index is 13.2. The van der Waals surface area contributed by atoms with Crippen LogP contribution in [0.25, 0.3) is 5.70 Å². The number of aldehydes is 1. The minimum atomic E-state index is -0.301. The molecule has 122 valence electrons. The topological polar surface area (TPSA) is 32.7 Å². The van der Waals surface area contributed by atoms with Crippen LogP contribution < -0.4 is 0 Å². The highest BCUT2D eigenvalue weighted by atomic mass is 19.1. The molecule has 0 bridgehead atoms. The maximum absolute atomic E-state index is 13.2. The van der Waals surface area contributed by atoms with Gasteiger partial charge in [0.25, 0.3) is 0 Å². The number of benzene rings is 1. The summed E-state index contributed by atoms with van der Waals surface area (Å²) in [7, 11) is 1.98. The summed E-state index contributed by atoms with van der Waals surface area (Å²) in [6, 6.07) is 6.13. The Hall–Kier alpha value is -2.23. The zero-order chi connectivity index (χ0) is 17.0. The van der Waals surface area contributed by atoms with E-state index in [0.29, 0.717) is 17.7 Å². The minimum Gasteiger partial charge on any atom is -0.363 e. The molecule has 0 aliphatic carbocycles. The molecule has 4 heteroatoms. The first-order chi connectivity index (χ1) is 11.0. The molecule has 0 unspecified atom stereocenters. The highest BCUT2D eigenvalue weighted by Gasteiger charge is 2.20. The highest BCUT2D eigenvalue weighted by Crippen LogP contribution is 2.31. The van der Waals surface area contributed by atoms with Gasteiger partial charge in [0.15, 0.2) is 6.29 Å². The molecular weight excluding hydrogens is 291 g/mol. The molecule has 0 atom stereocenters. The van der Waals surface area contributed by atoms with Crippen LogP contribution >= 0.6 is 0 Å². The second-order valence-electron chi connectivity index (χ2n) is 5.95. The van der Waals surface area contributed by atoms with Gasteiger partial charge in [-0.2, -0.15) is 0 Å². The number of allylic oxidation sites excluding steroid dienone is 2. The minimum absolute atomic E-state index is 0.215. The van der Waals surface area contributed by atoms with E-state index < -0.39 is 0 Å². The van der Waals surface area contributed by atoms with Gasteiger partial charge in [-0.3, -0.25) is 4.79 Å². The molecule has 1 aliphatic rings. The zero-order valence-corrected chi connectivity index (χ0v) is 14.1. The third-order valence-corrected chi connectivity index (χ3v) is 4.08. The predicted molar refractivity (Wildman–Crippen MR) is 92.7 cm³/mol. The second-order valence-corrected chi connectivity index (χ2v) is 5.95. The number of nitrogens with zero attached hydrogens (tertiary/aromatic N) is 2. The molecular formula is C19H23FN2O. The molecule has 1 aromatic carbocycles. The standard InChI is InChI=1S/C19H23FN2O/c1-5-22(4)18-11-10-16(13(2)3)17(12-23)19(21-18)14-6-8-15(20)9-7-14/h6-10,12-13H,5,11H2,1-4H3. The zero-order valence-electron chi connectivity index (χ0n) is 14.1. The summed E-state index contributed by atoms with van der Waals surface area (Å²) in [6.07, 6.45) is 3.62. The predicted octanol–water partition coefficient (Wildman–Crippen LogP) is 4.07. The summed E-state index contributed by atoms with van der Waals surface area (Å²) in [5, 5.41) is 0. The van der Waals surface area contributed by atoms with E-state index in [9.17, 15) is 9.18 Å². The van der Waals surface area contributed by atoms with Crippen molar-refractivity contribution < 1.29 is 9.18 Å². The number of carbonyl (C=O) groups is 1. The lowest BCUT2D eigenvalue weighted by Crippen LogP contribution is -2.25. The average Bonchev–Trinajstić information content (AvgIpc) is 2.74. The lowest BCUT2D eigenvalue weighted by Gasteiger charge is -2.18. The van der Waals surface area contributed by atoms with Gasteiger partial charge in [0.05, 0.1) is 5.70 Å². The average molecular weight is 314 g/mol. The largest absolute Gasteiger partial charge is 0.363 e. The van der Waals surface area contributed by atoms with E-state index in [-0.39, 0.29) is 11.7 Å². The van der Waals surface area contributed by atoms with Gasteiger partial charge < -0.3 is 4.90 Å². The van der Waals surface area contributed by atoms with Crippen molar-refractivity contribution in [3.05, 3.63) is 52.9 Å². The third-order valence-electron chi connectivity index (χ3n) is 4.08. The quantitative estimate of drug-likeness (QED) is 0.785. The van der Waals surface area contributed by atoms with Gasteiger partial charge in [0, 0.05) is 31.1 Å². The molecule has 2 rings (SSSR count). The van der Waals surface area contributed by atoms with E-state index in [2.05, 4.69) is 31.7 Å². The summed E-state index contributed by atoms with van der Waals surface area (Å²) in [5.74, 6) is 0.819. The first-order valence-corrected chi connectivity index (χ1v) is 7.92. The van der Waals surface area contributed by atoms with E-state index in [1.807, 2.05) is 7.05 Å². The molecule has 0 saturated carbocycles. The van der Waals surface area contributed by atoms with Crippen LogP contribution in [0.4, 0.5) is 4.39 Å². The molecule has 0 amide bonds. The van der Waals surface area contributed by atoms with Gasteiger partial charge in [-0.25, -0.2) is 9.38 Å². The molecule has 1 aliphatic heterocycles. The molecule has 0 radical (unpaired) electrons. The Morgan fingerprint density at radius 2 is 1.96 bits per heavy atom. The highest BCUT2D eigenvalue weighted by molar-refractivity contribution is 5.99. The van der Waals surface area contributed by atoms with Gasteiger partial charge in [-0.1, -0.05) is 19.9 Å². The first-order valence-electron chi connectivity index (χ1n) is 7.92. The van der Waals surface area contributed by atoms with Crippen LogP contribution in [0.15, 0.2) is 46.5 Å². The molecule has 23 heavy (non-hydrogen) atoms. The SMILES string of the molecule is CCN(C)C1=NC(c2ccc(F)cc2)=C(C=O)C(C(C)C)=CC1. The van der Waals surface area contributed by atoms with Crippen molar-refractivity contribution in [2.24, 2.45) is 10.9 Å². The van der Waals surface area contributed by atoms with Crippen LogP contribution in [0.3, 0.4) is 0 Å². The lowest BCUT2D eigenvalue weighted by atomic mass is 9.92. The number of aliphatic imine (C=N–C) groups is 1. The fourth-order valence-electron chi connectivity index (χ4n) is 2.60. The van der Waals surface area contributed by atoms with Gasteiger partial charge in [0.1, 0.15) is 11.7 Å². The molecule has 0 fully saturated rings. The van der Waals surface area contributed by atoms with Crippen molar-refractivity contribution in [2.75, 3.05) is 13.6 Å². The Bertz CT molecular complexity index is 669. The van der Waals surface area contributed by atoms with E-state index in [4.69, 9.17) is 4.99 Å². The second kappa shape index (κ2) is 7.36. The van der Waals surface area contributed by atoms with Crippen molar-refractivity contribution in [3.8, 4) is 0 Å². The Kier molecular flexibility index (Phi) is 5.48. The number of halogens is 1. The van der Waals surface area contributed by atoms with Crippen LogP contribution in [0, 0.1) is 11.7 Å². The third kappa shape index (κ3) is 3.76. The van der Waals surface area contributed by atoms with Crippen LogP contribution in [0.1, 0.15) is 32.8 Å². The van der Waals surface area contributed by atoms with Gasteiger partial charge in [0.2, 0.25) is 0 Å². The van der Waals surface area contributed by atoms with Crippen LogP contribution in [0.5, 0.6) is 0 Å². The Morgan fingerprint density at radius 1 is 1.30 bits per heavy atom. The van der Waals surface area contributed by atoms with Crippen molar-refractivity contribution in [2.45, 2.75) is 27.2 Å². The van der Waals surface area contributed by atoms with Crippen LogP contribution in [-0.2, 0) is 4.79 Å². The Balaban J connectivity index is 2.66. The summed E-state index contributed by atoms with van der Waals surface area (Å²) in [6.45, 7) is 7.01. The van der Waals surface area contributed by atoms with Gasteiger partial charge >= 0.3 is 0 Å². The molecule has 0 N–H and O–H groups in total. The molecule has 1 aromatic rings. The van der Waals surface area contributed by atoms with E-state index in [1.54, 1.807) is 12.1 Å². The number of carbonyl (C=O) groups excluding carboxylic acids is 1. The summed E-state index contributed by atoms with van der Waals surface area (Å²) >= 11 is 0. The Labute approximate surface area is 137 Å². The fraction of sp³-hybridized carbons (Fsp3) is 0.368. The van der Waals surface area contributed by atoms with Crippen molar-refractivity contribution >= 4 is 17.8 Å². The molecule has 0 spiro atoms. The fourth-order valence-corrected chi connectivity index (χ4v) is 2.60. The summed E-state index contributed by atoms with van der Waals surface area (Å²) in [4.78, 5) is 18.6. The van der Waals surface area contributed by atoms with E-state index >= 15 is 0 Å². The van der Waals surface area contributed by atoms with E-state index in [0.717, 1.165) is 29.8 Å². The summed E-state index contributed by atoms with van der Waals surface area (Å²) in [5.41, 5.74) is 2.95. The first kappa shape index (κ1) is 17.1. The molecule has 1 heterocycles. The number of hydrogen-bond acceptors (Lipinski definition) is 3. The molecule has 0 aromatic heterocycles. The monoisotopic (exact) mass is 314 g/mol. The van der Waals surface area contributed by atoms with Crippen molar-refractivity contribution in [1.82, 2.24) is 4.90 Å². The Morgan fingerprint density at radius 3 is 2.48 bits per heavy atom. The normalized spacial score (nSPS) is 15.2. The lowest BCUT2D eigenvalue weighted by molar-refractivity contribution is -0.104. The number of hydrogen-bond donors (Lipinski definition) is 0. The van der Waals surface area contributed by atoms with E-state index in [1.165, 1.54) is 12.1 Å². The maximum Gasteiger partial charge on any atom is 0.152 e.